The number of aromatic nitrogens is 2. The number of anilines is 1. The first-order chi connectivity index (χ1) is 8.06. The number of rotatable bonds is 3. The Morgan fingerprint density at radius 2 is 2.29 bits per heavy atom. The van der Waals surface area contributed by atoms with Crippen LogP contribution in [0.2, 0.25) is 0 Å². The molecule has 0 spiro atoms. The molecule has 0 aromatic carbocycles. The van der Waals surface area contributed by atoms with Crippen molar-refractivity contribution in [3.63, 3.8) is 0 Å². The van der Waals surface area contributed by atoms with Crippen LogP contribution in [0.15, 0.2) is 0 Å². The fourth-order valence-electron chi connectivity index (χ4n) is 2.62. The number of nitrogens with zero attached hydrogens (tertiary/aromatic N) is 3. The molecule has 94 valence electrons. The third-order valence-corrected chi connectivity index (χ3v) is 3.36. The Kier molecular flexibility index (Phi) is 3.06. The van der Waals surface area contributed by atoms with Crippen LogP contribution in [-0.4, -0.2) is 34.8 Å². The zero-order valence-corrected chi connectivity index (χ0v) is 10.3. The summed E-state index contributed by atoms with van der Waals surface area (Å²) in [7, 11) is 1.83. The third-order valence-electron chi connectivity index (χ3n) is 3.36. The molecule has 0 aliphatic carbocycles. The quantitative estimate of drug-likeness (QED) is 0.759. The van der Waals surface area contributed by atoms with Gasteiger partial charge in [-0.25, -0.2) is 0 Å². The predicted octanol–water partition coefficient (Wildman–Crippen LogP) is -0.245. The summed E-state index contributed by atoms with van der Waals surface area (Å²) in [5, 5.41) is 4.28. The minimum Gasteiger partial charge on any atom is -0.365 e. The monoisotopic (exact) mass is 237 g/mol. The molecule has 1 saturated heterocycles. The van der Waals surface area contributed by atoms with E-state index in [1.807, 2.05) is 7.05 Å². The first-order valence-electron chi connectivity index (χ1n) is 5.86. The van der Waals surface area contributed by atoms with Crippen LogP contribution in [0.5, 0.6) is 0 Å². The van der Waals surface area contributed by atoms with Gasteiger partial charge >= 0.3 is 0 Å². The highest BCUT2D eigenvalue weighted by Gasteiger charge is 2.30. The zero-order chi connectivity index (χ0) is 12.6. The molecule has 1 aliphatic rings. The molecule has 0 saturated carbocycles. The second-order valence-electron chi connectivity index (χ2n) is 4.50. The Labute approximate surface area is 101 Å². The molecule has 1 atom stereocenters. The van der Waals surface area contributed by atoms with E-state index < -0.39 is 5.91 Å². The van der Waals surface area contributed by atoms with Crippen LogP contribution in [0.25, 0.3) is 0 Å². The van der Waals surface area contributed by atoms with Crippen LogP contribution in [0, 0.1) is 6.92 Å². The van der Waals surface area contributed by atoms with Gasteiger partial charge in [0.25, 0.3) is 5.91 Å². The normalized spacial score (nSPS) is 19.9. The lowest BCUT2D eigenvalue weighted by Gasteiger charge is -2.26. The molecule has 1 aromatic heterocycles. The smallest absolute Gasteiger partial charge is 0.254 e. The summed E-state index contributed by atoms with van der Waals surface area (Å²) in [6.07, 6.45) is 2.14. The van der Waals surface area contributed by atoms with Gasteiger partial charge < -0.3 is 16.4 Å². The van der Waals surface area contributed by atoms with Crippen LogP contribution in [-0.2, 0) is 7.05 Å². The summed E-state index contributed by atoms with van der Waals surface area (Å²) in [6.45, 7) is 3.29. The molecule has 0 radical (unpaired) electrons. The molecule has 0 bridgehead atoms. The van der Waals surface area contributed by atoms with E-state index in [9.17, 15) is 4.79 Å². The van der Waals surface area contributed by atoms with Gasteiger partial charge in [0.15, 0.2) is 0 Å². The van der Waals surface area contributed by atoms with Gasteiger partial charge in [0.1, 0.15) is 11.4 Å². The van der Waals surface area contributed by atoms with Crippen molar-refractivity contribution < 1.29 is 4.79 Å². The van der Waals surface area contributed by atoms with Gasteiger partial charge in [0.05, 0.1) is 5.69 Å². The van der Waals surface area contributed by atoms with E-state index in [2.05, 4.69) is 10.00 Å². The Hall–Kier alpha value is -1.56. The maximum atomic E-state index is 11.5. The number of carbonyl (C=O) groups excluding carboxylic acids is 1. The summed E-state index contributed by atoms with van der Waals surface area (Å²) in [6, 6.07) is 0.280. The van der Waals surface area contributed by atoms with Crippen molar-refractivity contribution in [2.24, 2.45) is 18.5 Å². The Balaban J connectivity index is 2.47. The van der Waals surface area contributed by atoms with Crippen LogP contribution in [0.4, 0.5) is 5.82 Å². The minimum atomic E-state index is -0.423. The van der Waals surface area contributed by atoms with E-state index >= 15 is 0 Å². The van der Waals surface area contributed by atoms with E-state index in [4.69, 9.17) is 11.5 Å². The fourth-order valence-corrected chi connectivity index (χ4v) is 2.62. The second-order valence-corrected chi connectivity index (χ2v) is 4.50. The van der Waals surface area contributed by atoms with Crippen LogP contribution in [0.1, 0.15) is 28.9 Å². The Morgan fingerprint density at radius 1 is 1.59 bits per heavy atom. The summed E-state index contributed by atoms with van der Waals surface area (Å²) >= 11 is 0. The summed E-state index contributed by atoms with van der Waals surface area (Å²) in [4.78, 5) is 13.7. The fraction of sp³-hybridized carbons (Fsp3) is 0.636. The van der Waals surface area contributed by atoms with Gasteiger partial charge in [0, 0.05) is 26.2 Å². The van der Waals surface area contributed by atoms with E-state index in [0.29, 0.717) is 17.8 Å². The minimum absolute atomic E-state index is 0.280. The van der Waals surface area contributed by atoms with Gasteiger partial charge in [-0.05, 0) is 19.8 Å². The van der Waals surface area contributed by atoms with E-state index in [0.717, 1.165) is 25.2 Å². The first-order valence-corrected chi connectivity index (χ1v) is 5.86. The highest BCUT2D eigenvalue weighted by atomic mass is 16.1. The molecule has 2 heterocycles. The van der Waals surface area contributed by atoms with Crippen molar-refractivity contribution in [1.82, 2.24) is 9.78 Å². The maximum absolute atomic E-state index is 11.5. The van der Waals surface area contributed by atoms with Crippen molar-refractivity contribution >= 4 is 11.7 Å². The lowest BCUT2D eigenvalue weighted by molar-refractivity contribution is 0.1000. The molecule has 6 nitrogen and oxygen atoms in total. The van der Waals surface area contributed by atoms with Crippen molar-refractivity contribution in [3.8, 4) is 0 Å². The van der Waals surface area contributed by atoms with Crippen molar-refractivity contribution in [3.05, 3.63) is 11.3 Å². The number of amides is 1. The standard InChI is InChI=1S/C11H19N5O/c1-7-9(10(13)17)11(15(2)14-7)16-5-3-4-8(16)6-12/h8H,3-6,12H2,1-2H3,(H2,13,17). The number of carbonyl (C=O) groups is 1. The molecule has 1 amide bonds. The molecule has 1 aromatic rings. The predicted molar refractivity (Wildman–Crippen MR) is 65.9 cm³/mol. The molecule has 6 heteroatoms. The summed E-state index contributed by atoms with van der Waals surface area (Å²) < 4.78 is 1.73. The topological polar surface area (TPSA) is 90.2 Å². The van der Waals surface area contributed by atoms with Gasteiger partial charge in [0.2, 0.25) is 0 Å². The second kappa shape index (κ2) is 4.37. The number of hydrogen-bond donors (Lipinski definition) is 2. The lowest BCUT2D eigenvalue weighted by atomic mass is 10.2. The highest BCUT2D eigenvalue weighted by molar-refractivity contribution is 5.99. The molecule has 1 unspecified atom stereocenters. The Morgan fingerprint density at radius 3 is 2.88 bits per heavy atom. The lowest BCUT2D eigenvalue weighted by Crippen LogP contribution is -2.37. The molecular weight excluding hydrogens is 218 g/mol. The van der Waals surface area contributed by atoms with Gasteiger partial charge in [-0.3, -0.25) is 9.48 Å². The van der Waals surface area contributed by atoms with Crippen molar-refractivity contribution in [2.45, 2.75) is 25.8 Å². The number of aryl methyl sites for hydroxylation is 2. The molecule has 17 heavy (non-hydrogen) atoms. The van der Waals surface area contributed by atoms with E-state index in [1.54, 1.807) is 11.6 Å². The molecule has 4 N–H and O–H groups in total. The average molecular weight is 237 g/mol. The van der Waals surface area contributed by atoms with E-state index in [1.165, 1.54) is 0 Å². The largest absolute Gasteiger partial charge is 0.365 e. The zero-order valence-electron chi connectivity index (χ0n) is 10.3. The molecule has 1 fully saturated rings. The van der Waals surface area contributed by atoms with Crippen LogP contribution < -0.4 is 16.4 Å². The highest BCUT2D eigenvalue weighted by Crippen LogP contribution is 2.29. The molecule has 2 rings (SSSR count). The summed E-state index contributed by atoms with van der Waals surface area (Å²) in [5.74, 6) is 0.385. The van der Waals surface area contributed by atoms with Crippen LogP contribution >= 0.6 is 0 Å². The van der Waals surface area contributed by atoms with Gasteiger partial charge in [-0.15, -0.1) is 0 Å². The first kappa shape index (κ1) is 11.9. The molecule has 1 aliphatic heterocycles. The van der Waals surface area contributed by atoms with Crippen molar-refractivity contribution in [2.75, 3.05) is 18.0 Å². The summed E-state index contributed by atoms with van der Waals surface area (Å²) in [5.41, 5.74) is 12.4. The number of primary amides is 1. The number of nitrogens with two attached hydrogens (primary N) is 2. The SMILES string of the molecule is Cc1nn(C)c(N2CCCC2CN)c1C(N)=O. The third kappa shape index (κ3) is 1.88. The molecular formula is C11H19N5O. The Bertz CT molecular complexity index is 439. The number of hydrogen-bond acceptors (Lipinski definition) is 4. The van der Waals surface area contributed by atoms with Crippen molar-refractivity contribution in [1.29, 1.82) is 0 Å². The van der Waals surface area contributed by atoms with E-state index in [-0.39, 0.29) is 6.04 Å². The van der Waals surface area contributed by atoms with Gasteiger partial charge in [-0.1, -0.05) is 0 Å². The average Bonchev–Trinajstić information content (AvgIpc) is 2.81. The maximum Gasteiger partial charge on any atom is 0.254 e. The van der Waals surface area contributed by atoms with Gasteiger partial charge in [-0.2, -0.15) is 5.10 Å². The van der Waals surface area contributed by atoms with Crippen LogP contribution in [0.3, 0.4) is 0 Å².